The molecule has 1 aromatic carbocycles. The average Bonchev–Trinajstić information content (AvgIpc) is 2.60. The molecule has 1 amide bonds. The fourth-order valence-corrected chi connectivity index (χ4v) is 3.04. The smallest absolute Gasteiger partial charge is 0.409 e. The molecule has 1 aromatic rings. The first-order chi connectivity index (χ1) is 11.2. The van der Waals surface area contributed by atoms with Gasteiger partial charge in [-0.3, -0.25) is 0 Å². The van der Waals surface area contributed by atoms with Gasteiger partial charge in [-0.25, -0.2) is 4.79 Å². The van der Waals surface area contributed by atoms with Gasteiger partial charge in [-0.1, -0.05) is 30.3 Å². The van der Waals surface area contributed by atoms with Crippen molar-refractivity contribution in [1.82, 2.24) is 4.90 Å². The molecular formula is C19H27NO3. The molecule has 0 radical (unpaired) electrons. The first kappa shape index (κ1) is 17.4. The second-order valence-electron chi connectivity index (χ2n) is 6.27. The lowest BCUT2D eigenvalue weighted by Gasteiger charge is -2.29. The van der Waals surface area contributed by atoms with E-state index in [4.69, 9.17) is 9.47 Å². The molecule has 0 spiro atoms. The molecule has 4 heteroatoms. The van der Waals surface area contributed by atoms with E-state index < -0.39 is 0 Å². The van der Waals surface area contributed by atoms with E-state index in [-0.39, 0.29) is 6.09 Å². The fourth-order valence-electron chi connectivity index (χ4n) is 3.04. The Kier molecular flexibility index (Phi) is 6.98. The number of rotatable bonds is 6. The lowest BCUT2D eigenvalue weighted by molar-refractivity contribution is 0.0956. The molecule has 0 bridgehead atoms. The highest BCUT2D eigenvalue weighted by atomic mass is 16.6. The predicted octanol–water partition coefficient (Wildman–Crippen LogP) is 4.22. The number of carbonyl (C=O) groups is 1. The zero-order valence-electron chi connectivity index (χ0n) is 14.1. The van der Waals surface area contributed by atoms with Gasteiger partial charge in [0.15, 0.2) is 0 Å². The standard InChI is InChI=1S/C19H27NO3/c1-20(19(21)23-15-18-6-4-3-5-7-18)14-17-10-8-16(9-11-17)12-13-22-2/h3-7,12-13,16-17H,8-11,14-15H2,1-2H3/b13-12+/t16-,17-. The molecule has 126 valence electrons. The fraction of sp³-hybridized carbons (Fsp3) is 0.526. The van der Waals surface area contributed by atoms with Gasteiger partial charge >= 0.3 is 6.09 Å². The largest absolute Gasteiger partial charge is 0.505 e. The van der Waals surface area contributed by atoms with Crippen LogP contribution in [0.2, 0.25) is 0 Å². The van der Waals surface area contributed by atoms with Gasteiger partial charge in [0.05, 0.1) is 13.4 Å². The van der Waals surface area contributed by atoms with E-state index in [1.165, 1.54) is 0 Å². The van der Waals surface area contributed by atoms with Gasteiger partial charge in [0.2, 0.25) is 0 Å². The van der Waals surface area contributed by atoms with Crippen LogP contribution in [0, 0.1) is 11.8 Å². The van der Waals surface area contributed by atoms with E-state index in [1.54, 1.807) is 18.3 Å². The summed E-state index contributed by atoms with van der Waals surface area (Å²) in [4.78, 5) is 13.8. The lowest BCUT2D eigenvalue weighted by Crippen LogP contribution is -2.33. The molecule has 0 N–H and O–H groups in total. The highest BCUT2D eigenvalue weighted by molar-refractivity contribution is 5.67. The van der Waals surface area contributed by atoms with Crippen molar-refractivity contribution in [2.45, 2.75) is 32.3 Å². The van der Waals surface area contributed by atoms with Gasteiger partial charge in [-0.2, -0.15) is 0 Å². The number of amides is 1. The summed E-state index contributed by atoms with van der Waals surface area (Å²) in [6.45, 7) is 1.10. The number of nitrogens with zero attached hydrogens (tertiary/aromatic N) is 1. The first-order valence-corrected chi connectivity index (χ1v) is 8.30. The van der Waals surface area contributed by atoms with Crippen molar-refractivity contribution in [2.75, 3.05) is 20.7 Å². The molecule has 23 heavy (non-hydrogen) atoms. The topological polar surface area (TPSA) is 38.8 Å². The van der Waals surface area contributed by atoms with Crippen molar-refractivity contribution < 1.29 is 14.3 Å². The van der Waals surface area contributed by atoms with E-state index >= 15 is 0 Å². The molecule has 0 aliphatic heterocycles. The third-order valence-electron chi connectivity index (χ3n) is 4.43. The Morgan fingerprint density at radius 3 is 2.57 bits per heavy atom. The Morgan fingerprint density at radius 2 is 1.91 bits per heavy atom. The Morgan fingerprint density at radius 1 is 1.22 bits per heavy atom. The third kappa shape index (κ3) is 5.97. The predicted molar refractivity (Wildman–Crippen MR) is 90.9 cm³/mol. The first-order valence-electron chi connectivity index (χ1n) is 8.30. The van der Waals surface area contributed by atoms with Crippen LogP contribution in [0.4, 0.5) is 4.79 Å². The summed E-state index contributed by atoms with van der Waals surface area (Å²) >= 11 is 0. The molecule has 0 atom stereocenters. The van der Waals surface area contributed by atoms with Crippen LogP contribution in [0.15, 0.2) is 42.7 Å². The summed E-state index contributed by atoms with van der Waals surface area (Å²) < 4.78 is 10.3. The molecule has 1 aliphatic rings. The van der Waals surface area contributed by atoms with E-state index in [1.807, 2.05) is 37.4 Å². The van der Waals surface area contributed by atoms with Gasteiger partial charge in [-0.15, -0.1) is 0 Å². The Hall–Kier alpha value is -1.97. The highest BCUT2D eigenvalue weighted by Crippen LogP contribution is 2.30. The van der Waals surface area contributed by atoms with Crippen molar-refractivity contribution in [1.29, 1.82) is 0 Å². The molecule has 0 unspecified atom stereocenters. The van der Waals surface area contributed by atoms with Crippen molar-refractivity contribution in [3.8, 4) is 0 Å². The summed E-state index contributed by atoms with van der Waals surface area (Å²) in [6.07, 6.45) is 8.31. The normalized spacial score (nSPS) is 21.1. The summed E-state index contributed by atoms with van der Waals surface area (Å²) in [5, 5.41) is 0. The monoisotopic (exact) mass is 317 g/mol. The number of hydrogen-bond donors (Lipinski definition) is 0. The third-order valence-corrected chi connectivity index (χ3v) is 4.43. The maximum Gasteiger partial charge on any atom is 0.409 e. The number of methoxy groups -OCH3 is 1. The Bertz CT molecular complexity index is 493. The molecule has 1 fully saturated rings. The van der Waals surface area contributed by atoms with Gasteiger partial charge in [0.25, 0.3) is 0 Å². The SMILES string of the molecule is CO/C=C/[C@H]1CC[C@H](CN(C)C(=O)OCc2ccccc2)CC1. The number of allylic oxidation sites excluding steroid dienone is 1. The number of carbonyl (C=O) groups excluding carboxylic acids is 1. The molecular weight excluding hydrogens is 290 g/mol. The van der Waals surface area contributed by atoms with Crippen LogP contribution in [0.1, 0.15) is 31.2 Å². The Balaban J connectivity index is 1.69. The molecule has 1 saturated carbocycles. The summed E-state index contributed by atoms with van der Waals surface area (Å²) in [7, 11) is 3.50. The van der Waals surface area contributed by atoms with Crippen LogP contribution in [0.5, 0.6) is 0 Å². The van der Waals surface area contributed by atoms with Gasteiger partial charge in [0.1, 0.15) is 6.61 Å². The molecule has 0 saturated heterocycles. The van der Waals surface area contributed by atoms with Crippen molar-refractivity contribution >= 4 is 6.09 Å². The van der Waals surface area contributed by atoms with Crippen LogP contribution in [-0.2, 0) is 16.1 Å². The number of hydrogen-bond acceptors (Lipinski definition) is 3. The van der Waals surface area contributed by atoms with Crippen LogP contribution >= 0.6 is 0 Å². The minimum Gasteiger partial charge on any atom is -0.505 e. The molecule has 0 aromatic heterocycles. The summed E-state index contributed by atoms with van der Waals surface area (Å²) in [5.41, 5.74) is 1.01. The van der Waals surface area contributed by atoms with E-state index in [2.05, 4.69) is 6.08 Å². The zero-order valence-corrected chi connectivity index (χ0v) is 14.1. The second-order valence-corrected chi connectivity index (χ2v) is 6.27. The van der Waals surface area contributed by atoms with Crippen LogP contribution < -0.4 is 0 Å². The van der Waals surface area contributed by atoms with Crippen molar-refractivity contribution in [2.24, 2.45) is 11.8 Å². The van der Waals surface area contributed by atoms with Crippen LogP contribution in [0.25, 0.3) is 0 Å². The molecule has 1 aliphatic carbocycles. The second kappa shape index (κ2) is 9.23. The molecule has 2 rings (SSSR count). The van der Waals surface area contributed by atoms with E-state index in [9.17, 15) is 4.79 Å². The van der Waals surface area contributed by atoms with Crippen LogP contribution in [-0.4, -0.2) is 31.7 Å². The minimum atomic E-state index is -0.241. The number of benzene rings is 1. The van der Waals surface area contributed by atoms with E-state index in [0.29, 0.717) is 18.4 Å². The Labute approximate surface area is 139 Å². The summed E-state index contributed by atoms with van der Waals surface area (Å²) in [6, 6.07) is 9.77. The highest BCUT2D eigenvalue weighted by Gasteiger charge is 2.22. The van der Waals surface area contributed by atoms with Gasteiger partial charge in [-0.05, 0) is 49.2 Å². The van der Waals surface area contributed by atoms with Gasteiger partial charge < -0.3 is 14.4 Å². The maximum atomic E-state index is 12.1. The minimum absolute atomic E-state index is 0.241. The van der Waals surface area contributed by atoms with Crippen molar-refractivity contribution in [3.05, 3.63) is 48.2 Å². The maximum absolute atomic E-state index is 12.1. The number of ether oxygens (including phenoxy) is 2. The molecule has 0 heterocycles. The zero-order chi connectivity index (χ0) is 16.5. The van der Waals surface area contributed by atoms with Crippen LogP contribution in [0.3, 0.4) is 0 Å². The lowest BCUT2D eigenvalue weighted by atomic mass is 9.82. The van der Waals surface area contributed by atoms with E-state index in [0.717, 1.165) is 37.8 Å². The quantitative estimate of drug-likeness (QED) is 0.737. The molecule has 4 nitrogen and oxygen atoms in total. The van der Waals surface area contributed by atoms with Gasteiger partial charge in [0, 0.05) is 13.6 Å². The summed E-state index contributed by atoms with van der Waals surface area (Å²) in [5.74, 6) is 1.18. The van der Waals surface area contributed by atoms with Crippen molar-refractivity contribution in [3.63, 3.8) is 0 Å². The average molecular weight is 317 g/mol.